The maximum atomic E-state index is 12.9. The molecule has 0 radical (unpaired) electrons. The van der Waals surface area contributed by atoms with Crippen molar-refractivity contribution in [1.82, 2.24) is 4.90 Å². The number of nitrogens with one attached hydrogen (secondary N) is 1. The number of benzene rings is 2. The number of carbonyl (C=O) groups excluding carboxylic acids is 1. The summed E-state index contributed by atoms with van der Waals surface area (Å²) in [4.78, 5) is 14.8. The Morgan fingerprint density at radius 2 is 1.89 bits per heavy atom. The standard InChI is InChI=1S/C23H24N2O2/c26-23(25-11-13-27-14-12-25)17-9-10-21-20(15-17)18-7-4-8-19(18)22(24-21)16-5-2-1-3-6-16/h1-7,9-10,15,18-19,22,24H,8,11-14H2/t18-,19+,22+/m1/s1. The minimum absolute atomic E-state index is 0.116. The maximum Gasteiger partial charge on any atom is 0.254 e. The molecule has 0 bridgehead atoms. The predicted octanol–water partition coefficient (Wildman–Crippen LogP) is 3.99. The lowest BCUT2D eigenvalue weighted by atomic mass is 9.76. The molecule has 4 nitrogen and oxygen atoms in total. The van der Waals surface area contributed by atoms with Gasteiger partial charge in [0, 0.05) is 30.3 Å². The van der Waals surface area contributed by atoms with Gasteiger partial charge in [0.05, 0.1) is 19.3 Å². The number of fused-ring (bicyclic) bond motifs is 3. The molecule has 2 aromatic carbocycles. The normalized spacial score (nSPS) is 26.2. The molecular weight excluding hydrogens is 336 g/mol. The Hall–Kier alpha value is -2.59. The quantitative estimate of drug-likeness (QED) is 0.824. The van der Waals surface area contributed by atoms with Crippen LogP contribution in [0.5, 0.6) is 0 Å². The first kappa shape index (κ1) is 16.6. The van der Waals surface area contributed by atoms with Crippen molar-refractivity contribution in [1.29, 1.82) is 0 Å². The third kappa shape index (κ3) is 2.94. The molecule has 1 saturated heterocycles. The highest BCUT2D eigenvalue weighted by Crippen LogP contribution is 2.49. The molecule has 0 saturated carbocycles. The summed E-state index contributed by atoms with van der Waals surface area (Å²) in [7, 11) is 0. The van der Waals surface area contributed by atoms with Gasteiger partial charge in [0.2, 0.25) is 0 Å². The van der Waals surface area contributed by atoms with Crippen molar-refractivity contribution >= 4 is 11.6 Å². The number of allylic oxidation sites excluding steroid dienone is 2. The first-order valence-electron chi connectivity index (χ1n) is 9.80. The van der Waals surface area contributed by atoms with E-state index in [0.717, 1.165) is 17.7 Å². The lowest BCUT2D eigenvalue weighted by Gasteiger charge is -2.38. The topological polar surface area (TPSA) is 41.6 Å². The van der Waals surface area contributed by atoms with Crippen LogP contribution in [0, 0.1) is 5.92 Å². The van der Waals surface area contributed by atoms with E-state index >= 15 is 0 Å². The van der Waals surface area contributed by atoms with Gasteiger partial charge in [-0.25, -0.2) is 0 Å². The number of hydrogen-bond donors (Lipinski definition) is 1. The van der Waals surface area contributed by atoms with E-state index in [1.54, 1.807) is 0 Å². The first-order chi connectivity index (χ1) is 13.3. The molecule has 138 valence electrons. The molecule has 4 heteroatoms. The van der Waals surface area contributed by atoms with Gasteiger partial charge in [-0.05, 0) is 41.7 Å². The van der Waals surface area contributed by atoms with Crippen LogP contribution in [0.2, 0.25) is 0 Å². The van der Waals surface area contributed by atoms with Gasteiger partial charge in [-0.2, -0.15) is 0 Å². The number of hydrogen-bond acceptors (Lipinski definition) is 3. The largest absolute Gasteiger partial charge is 0.378 e. The van der Waals surface area contributed by atoms with E-state index in [-0.39, 0.29) is 5.91 Å². The Labute approximate surface area is 159 Å². The molecule has 5 rings (SSSR count). The zero-order valence-electron chi connectivity index (χ0n) is 15.3. The van der Waals surface area contributed by atoms with Crippen LogP contribution in [0.15, 0.2) is 60.7 Å². The second kappa shape index (κ2) is 6.86. The van der Waals surface area contributed by atoms with Gasteiger partial charge in [-0.15, -0.1) is 0 Å². The van der Waals surface area contributed by atoms with Crippen LogP contribution in [-0.2, 0) is 4.74 Å². The van der Waals surface area contributed by atoms with Crippen LogP contribution >= 0.6 is 0 Å². The molecule has 3 atom stereocenters. The lowest BCUT2D eigenvalue weighted by Crippen LogP contribution is -2.40. The third-order valence-electron chi connectivity index (χ3n) is 6.07. The number of rotatable bonds is 2. The highest BCUT2D eigenvalue weighted by Gasteiger charge is 2.38. The Balaban J connectivity index is 1.47. The number of carbonyl (C=O) groups is 1. The van der Waals surface area contributed by atoms with Crippen molar-refractivity contribution in [3.63, 3.8) is 0 Å². The summed E-state index contributed by atoms with van der Waals surface area (Å²) in [5.74, 6) is 0.974. The Morgan fingerprint density at radius 1 is 1.07 bits per heavy atom. The average molecular weight is 360 g/mol. The van der Waals surface area contributed by atoms with Crippen molar-refractivity contribution in [2.45, 2.75) is 18.4 Å². The zero-order valence-corrected chi connectivity index (χ0v) is 15.3. The fraction of sp³-hybridized carbons (Fsp3) is 0.348. The highest BCUT2D eigenvalue weighted by molar-refractivity contribution is 5.95. The van der Waals surface area contributed by atoms with Crippen LogP contribution in [0.1, 0.15) is 39.9 Å². The molecule has 1 N–H and O–H groups in total. The van der Waals surface area contributed by atoms with Crippen molar-refractivity contribution in [3.8, 4) is 0 Å². The molecule has 0 aromatic heterocycles. The van der Waals surface area contributed by atoms with Crippen molar-refractivity contribution in [2.75, 3.05) is 31.6 Å². The number of nitrogens with zero attached hydrogens (tertiary/aromatic N) is 1. The predicted molar refractivity (Wildman–Crippen MR) is 106 cm³/mol. The van der Waals surface area contributed by atoms with Crippen LogP contribution < -0.4 is 5.32 Å². The maximum absolute atomic E-state index is 12.9. The van der Waals surface area contributed by atoms with Crippen LogP contribution in [0.3, 0.4) is 0 Å². The van der Waals surface area contributed by atoms with Gasteiger partial charge in [0.15, 0.2) is 0 Å². The van der Waals surface area contributed by atoms with Gasteiger partial charge in [-0.1, -0.05) is 42.5 Å². The summed E-state index contributed by atoms with van der Waals surface area (Å²) in [6.45, 7) is 2.61. The van der Waals surface area contributed by atoms with Crippen molar-refractivity contribution in [2.24, 2.45) is 5.92 Å². The summed E-state index contributed by atoms with van der Waals surface area (Å²) in [5, 5.41) is 3.75. The second-order valence-electron chi connectivity index (χ2n) is 7.59. The fourth-order valence-corrected chi connectivity index (χ4v) is 4.67. The van der Waals surface area contributed by atoms with E-state index in [1.165, 1.54) is 11.1 Å². The molecule has 0 unspecified atom stereocenters. The zero-order chi connectivity index (χ0) is 18.2. The monoisotopic (exact) mass is 360 g/mol. The van der Waals surface area contributed by atoms with E-state index in [0.29, 0.717) is 44.2 Å². The van der Waals surface area contributed by atoms with E-state index < -0.39 is 0 Å². The Bertz CT molecular complexity index is 871. The third-order valence-corrected chi connectivity index (χ3v) is 6.07. The molecule has 2 heterocycles. The van der Waals surface area contributed by atoms with E-state index in [9.17, 15) is 4.79 Å². The SMILES string of the molecule is O=C(c1ccc2c(c1)[C@@H]1C=CC[C@@H]1[C@H](c1ccccc1)N2)N1CCOCC1. The van der Waals surface area contributed by atoms with Crippen molar-refractivity contribution in [3.05, 3.63) is 77.4 Å². The highest BCUT2D eigenvalue weighted by atomic mass is 16.5. The van der Waals surface area contributed by atoms with Gasteiger partial charge in [-0.3, -0.25) is 4.79 Å². The fourth-order valence-electron chi connectivity index (χ4n) is 4.67. The van der Waals surface area contributed by atoms with Gasteiger partial charge >= 0.3 is 0 Å². The van der Waals surface area contributed by atoms with Gasteiger partial charge in [0.1, 0.15) is 0 Å². The summed E-state index contributed by atoms with van der Waals surface area (Å²) >= 11 is 0. The molecule has 1 amide bonds. The minimum Gasteiger partial charge on any atom is -0.378 e. The lowest BCUT2D eigenvalue weighted by molar-refractivity contribution is 0.0303. The first-order valence-corrected chi connectivity index (χ1v) is 9.80. The van der Waals surface area contributed by atoms with E-state index in [2.05, 4.69) is 59.9 Å². The number of amides is 1. The molecular formula is C23H24N2O2. The van der Waals surface area contributed by atoms with Crippen LogP contribution in [0.4, 0.5) is 5.69 Å². The Kier molecular flexibility index (Phi) is 4.21. The molecule has 2 aromatic rings. The minimum atomic E-state index is 0.116. The average Bonchev–Trinajstić information content (AvgIpc) is 3.24. The van der Waals surface area contributed by atoms with Crippen LogP contribution in [0.25, 0.3) is 0 Å². The smallest absolute Gasteiger partial charge is 0.254 e. The van der Waals surface area contributed by atoms with Crippen molar-refractivity contribution < 1.29 is 9.53 Å². The molecule has 3 aliphatic rings. The van der Waals surface area contributed by atoms with E-state index in [4.69, 9.17) is 4.74 Å². The Morgan fingerprint density at radius 3 is 2.70 bits per heavy atom. The summed E-state index contributed by atoms with van der Waals surface area (Å²) in [6, 6.07) is 17.1. The van der Waals surface area contributed by atoms with E-state index in [1.807, 2.05) is 11.0 Å². The number of anilines is 1. The summed E-state index contributed by atoms with van der Waals surface area (Å²) in [6.07, 6.45) is 5.68. The molecule has 27 heavy (non-hydrogen) atoms. The van der Waals surface area contributed by atoms with Gasteiger partial charge in [0.25, 0.3) is 5.91 Å². The summed E-state index contributed by atoms with van der Waals surface area (Å²) < 4.78 is 5.37. The molecule has 1 fully saturated rings. The second-order valence-corrected chi connectivity index (χ2v) is 7.59. The van der Waals surface area contributed by atoms with Gasteiger partial charge < -0.3 is 15.0 Å². The molecule has 1 aliphatic carbocycles. The number of morpholine rings is 1. The molecule has 0 spiro atoms. The molecule has 2 aliphatic heterocycles. The number of ether oxygens (including phenoxy) is 1. The summed E-state index contributed by atoms with van der Waals surface area (Å²) in [5.41, 5.74) is 4.51. The van der Waals surface area contributed by atoms with Crippen LogP contribution in [-0.4, -0.2) is 37.1 Å².